The van der Waals surface area contributed by atoms with Gasteiger partial charge in [0.2, 0.25) is 0 Å². The summed E-state index contributed by atoms with van der Waals surface area (Å²) in [5, 5.41) is 9.99. The highest BCUT2D eigenvalue weighted by Crippen LogP contribution is 2.38. The molecule has 39 heavy (non-hydrogen) atoms. The molecule has 1 aromatic heterocycles. The molecule has 11 heteroatoms. The number of alkyl carbamates (subject to hydrolysis) is 1. The van der Waals surface area contributed by atoms with E-state index in [1.165, 1.54) is 7.11 Å². The highest BCUT2D eigenvalue weighted by atomic mass is 16.6. The summed E-state index contributed by atoms with van der Waals surface area (Å²) in [7, 11) is 4.41. The summed E-state index contributed by atoms with van der Waals surface area (Å²) in [6.07, 6.45) is 0.971. The minimum atomic E-state index is -0.872. The van der Waals surface area contributed by atoms with Gasteiger partial charge in [-0.2, -0.15) is 5.10 Å². The Morgan fingerprint density at radius 3 is 2.21 bits per heavy atom. The smallest absolute Gasteiger partial charge is 0.407 e. The van der Waals surface area contributed by atoms with Crippen LogP contribution in [0.3, 0.4) is 0 Å². The molecule has 2 amide bonds. The SMILES string of the molecule is COC(=O)[C@H](CCCCNC(=O)OC(C)(C)C)NC(=O)c1cc(-c2c(OC)cccc2OC)n(CC(C)C)n1. The molecule has 11 nitrogen and oxygen atoms in total. The molecular weight excluding hydrogens is 504 g/mol. The minimum Gasteiger partial charge on any atom is -0.496 e. The van der Waals surface area contributed by atoms with Gasteiger partial charge in [0.15, 0.2) is 5.69 Å². The van der Waals surface area contributed by atoms with Crippen molar-refractivity contribution < 1.29 is 33.3 Å². The lowest BCUT2D eigenvalue weighted by Gasteiger charge is -2.19. The van der Waals surface area contributed by atoms with E-state index in [0.717, 1.165) is 0 Å². The molecule has 2 aromatic rings. The predicted molar refractivity (Wildman–Crippen MR) is 147 cm³/mol. The molecule has 0 saturated heterocycles. The molecule has 0 fully saturated rings. The summed E-state index contributed by atoms with van der Waals surface area (Å²) in [6, 6.07) is 6.24. The number of benzene rings is 1. The van der Waals surface area contributed by atoms with E-state index in [0.29, 0.717) is 55.1 Å². The van der Waals surface area contributed by atoms with Gasteiger partial charge in [-0.15, -0.1) is 0 Å². The van der Waals surface area contributed by atoms with Gasteiger partial charge in [-0.05, 0) is 64.2 Å². The van der Waals surface area contributed by atoms with Crippen LogP contribution in [0.4, 0.5) is 4.79 Å². The predicted octanol–water partition coefficient (Wildman–Crippen LogP) is 4.19. The Hall–Kier alpha value is -3.76. The Kier molecular flexibility index (Phi) is 11.6. The summed E-state index contributed by atoms with van der Waals surface area (Å²) >= 11 is 0. The highest BCUT2D eigenvalue weighted by Gasteiger charge is 2.26. The Balaban J connectivity index is 2.18. The van der Waals surface area contributed by atoms with E-state index in [9.17, 15) is 14.4 Å². The van der Waals surface area contributed by atoms with Crippen LogP contribution in [0.5, 0.6) is 11.5 Å². The molecule has 0 aliphatic rings. The van der Waals surface area contributed by atoms with E-state index in [2.05, 4.69) is 29.6 Å². The molecule has 0 bridgehead atoms. The first kappa shape index (κ1) is 31.5. The number of esters is 1. The normalized spacial score (nSPS) is 12.0. The van der Waals surface area contributed by atoms with Crippen LogP contribution in [0.2, 0.25) is 0 Å². The summed E-state index contributed by atoms with van der Waals surface area (Å²) in [6.45, 7) is 10.4. The molecule has 0 spiro atoms. The lowest BCUT2D eigenvalue weighted by atomic mass is 10.1. The van der Waals surface area contributed by atoms with Crippen molar-refractivity contribution in [2.75, 3.05) is 27.9 Å². The van der Waals surface area contributed by atoms with Gasteiger partial charge in [0, 0.05) is 13.1 Å². The second kappa shape index (κ2) is 14.4. The molecule has 216 valence electrons. The van der Waals surface area contributed by atoms with Gasteiger partial charge in [-0.1, -0.05) is 19.9 Å². The molecule has 1 heterocycles. The summed E-state index contributed by atoms with van der Waals surface area (Å²) in [4.78, 5) is 37.5. The molecule has 0 radical (unpaired) electrons. The summed E-state index contributed by atoms with van der Waals surface area (Å²) in [5.74, 6) is 0.348. The number of nitrogens with zero attached hydrogens (tertiary/aromatic N) is 2. The van der Waals surface area contributed by atoms with Crippen LogP contribution < -0.4 is 20.1 Å². The average Bonchev–Trinajstić information content (AvgIpc) is 3.28. The van der Waals surface area contributed by atoms with Crippen molar-refractivity contribution in [2.24, 2.45) is 5.92 Å². The van der Waals surface area contributed by atoms with E-state index in [1.54, 1.807) is 45.7 Å². The monoisotopic (exact) mass is 546 g/mol. The quantitative estimate of drug-likeness (QED) is 0.283. The topological polar surface area (TPSA) is 130 Å². The van der Waals surface area contributed by atoms with E-state index in [4.69, 9.17) is 18.9 Å². The highest BCUT2D eigenvalue weighted by molar-refractivity contribution is 5.96. The van der Waals surface area contributed by atoms with Gasteiger partial charge in [0.25, 0.3) is 5.91 Å². The fraction of sp³-hybridized carbons (Fsp3) is 0.571. The van der Waals surface area contributed by atoms with Crippen molar-refractivity contribution in [3.05, 3.63) is 30.0 Å². The Morgan fingerprint density at radius 2 is 1.67 bits per heavy atom. The third-order valence-corrected chi connectivity index (χ3v) is 5.61. The maximum atomic E-state index is 13.2. The van der Waals surface area contributed by atoms with Gasteiger partial charge >= 0.3 is 12.1 Å². The van der Waals surface area contributed by atoms with E-state index < -0.39 is 29.6 Å². The second-order valence-electron chi connectivity index (χ2n) is 10.5. The van der Waals surface area contributed by atoms with Gasteiger partial charge in [-0.25, -0.2) is 9.59 Å². The van der Waals surface area contributed by atoms with Gasteiger partial charge in [-0.3, -0.25) is 9.48 Å². The molecule has 2 N–H and O–H groups in total. The van der Waals surface area contributed by atoms with Crippen molar-refractivity contribution in [1.29, 1.82) is 0 Å². The summed E-state index contributed by atoms with van der Waals surface area (Å²) in [5.41, 5.74) is 0.908. The number of rotatable bonds is 13. The van der Waals surface area contributed by atoms with Crippen LogP contribution in [0.15, 0.2) is 24.3 Å². The molecule has 0 saturated carbocycles. The zero-order valence-electron chi connectivity index (χ0n) is 24.3. The Labute approximate surface area is 230 Å². The number of carbonyl (C=O) groups excluding carboxylic acids is 3. The third kappa shape index (κ3) is 9.49. The molecule has 0 aliphatic heterocycles. The first-order valence-corrected chi connectivity index (χ1v) is 13.0. The van der Waals surface area contributed by atoms with Crippen LogP contribution in [-0.4, -0.2) is 67.3 Å². The van der Waals surface area contributed by atoms with E-state index in [-0.39, 0.29) is 11.6 Å². The number of nitrogens with one attached hydrogen (secondary N) is 2. The number of unbranched alkanes of at least 4 members (excludes halogenated alkanes) is 1. The number of carbonyl (C=O) groups is 3. The van der Waals surface area contributed by atoms with Crippen LogP contribution in [0.25, 0.3) is 11.3 Å². The molecule has 1 aromatic carbocycles. The first-order valence-electron chi connectivity index (χ1n) is 13.0. The number of aromatic nitrogens is 2. The first-order chi connectivity index (χ1) is 18.4. The van der Waals surface area contributed by atoms with Crippen LogP contribution in [0, 0.1) is 5.92 Å². The van der Waals surface area contributed by atoms with Gasteiger partial charge < -0.3 is 29.6 Å². The maximum absolute atomic E-state index is 13.2. The number of hydrogen-bond acceptors (Lipinski definition) is 8. The zero-order valence-corrected chi connectivity index (χ0v) is 24.3. The lowest BCUT2D eigenvalue weighted by Crippen LogP contribution is -2.41. The minimum absolute atomic E-state index is 0.152. The molecule has 0 unspecified atom stereocenters. The van der Waals surface area contributed by atoms with Crippen molar-refractivity contribution in [3.63, 3.8) is 0 Å². The van der Waals surface area contributed by atoms with Gasteiger partial charge in [0.1, 0.15) is 23.1 Å². The molecular formula is C28H42N4O7. The summed E-state index contributed by atoms with van der Waals surface area (Å²) < 4.78 is 23.0. The molecule has 2 rings (SSSR count). The fourth-order valence-electron chi connectivity index (χ4n) is 3.92. The van der Waals surface area contributed by atoms with Gasteiger partial charge in [0.05, 0.1) is 32.6 Å². The zero-order chi connectivity index (χ0) is 29.2. The largest absolute Gasteiger partial charge is 0.496 e. The van der Waals surface area contributed by atoms with Crippen molar-refractivity contribution in [1.82, 2.24) is 20.4 Å². The lowest BCUT2D eigenvalue weighted by molar-refractivity contribution is -0.143. The Morgan fingerprint density at radius 1 is 1.03 bits per heavy atom. The standard InChI is InChI=1S/C28H42N4O7/c1-18(2)17-32-21(24-22(36-6)13-11-14-23(24)37-7)16-20(31-32)25(33)30-19(26(34)38-8)12-9-10-15-29-27(35)39-28(3,4)5/h11,13-14,16,18-19H,9-10,12,15,17H2,1-8H3,(H,29,35)(H,30,33)/t19-/m0/s1. The average molecular weight is 547 g/mol. The third-order valence-electron chi connectivity index (χ3n) is 5.61. The molecule has 0 aliphatic carbocycles. The Bertz CT molecular complexity index is 1100. The van der Waals surface area contributed by atoms with Crippen molar-refractivity contribution in [2.45, 2.75) is 72.1 Å². The van der Waals surface area contributed by atoms with Crippen LogP contribution in [0.1, 0.15) is 64.4 Å². The van der Waals surface area contributed by atoms with Crippen molar-refractivity contribution >= 4 is 18.0 Å². The number of ether oxygens (including phenoxy) is 4. The maximum Gasteiger partial charge on any atom is 0.407 e. The van der Waals surface area contributed by atoms with E-state index in [1.807, 2.05) is 18.2 Å². The number of amides is 2. The van der Waals surface area contributed by atoms with Crippen molar-refractivity contribution in [3.8, 4) is 22.8 Å². The second-order valence-corrected chi connectivity index (χ2v) is 10.5. The molecule has 1 atom stereocenters. The number of methoxy groups -OCH3 is 3. The number of hydrogen-bond donors (Lipinski definition) is 2. The van der Waals surface area contributed by atoms with Crippen LogP contribution >= 0.6 is 0 Å². The fourth-order valence-corrected chi connectivity index (χ4v) is 3.92. The van der Waals surface area contributed by atoms with E-state index >= 15 is 0 Å². The van der Waals surface area contributed by atoms with Crippen LogP contribution in [-0.2, 0) is 20.8 Å².